The predicted molar refractivity (Wildman–Crippen MR) is 150 cm³/mol. The van der Waals surface area contributed by atoms with Crippen LogP contribution in [0.3, 0.4) is 0 Å². The SMILES string of the molecule is CCc1c(C)c2cc3nc(cc4nc(cc5[nH]c(cc1[nH]2)c(CC)c5C)C(C)=C4CCC(=O)OC)CC3. The first-order chi connectivity index (χ1) is 17.8. The fraction of sp³-hybridized carbons (Fsp3) is 0.387. The lowest BCUT2D eigenvalue weighted by Crippen LogP contribution is -2.00. The molecule has 6 nitrogen and oxygen atoms in total. The van der Waals surface area contributed by atoms with Gasteiger partial charge in [-0.3, -0.25) is 9.78 Å². The number of rotatable bonds is 5. The summed E-state index contributed by atoms with van der Waals surface area (Å²) in [6.45, 7) is 10.9. The van der Waals surface area contributed by atoms with E-state index in [-0.39, 0.29) is 5.97 Å². The summed E-state index contributed by atoms with van der Waals surface area (Å²) in [5.41, 5.74) is 15.8. The van der Waals surface area contributed by atoms with Gasteiger partial charge in [-0.25, -0.2) is 4.98 Å². The summed E-state index contributed by atoms with van der Waals surface area (Å²) in [6.07, 6.45) is 4.61. The molecule has 3 aromatic rings. The molecular formula is C31H36N4O2. The smallest absolute Gasteiger partial charge is 0.305 e. The van der Waals surface area contributed by atoms with Crippen LogP contribution in [0.25, 0.3) is 33.2 Å². The predicted octanol–water partition coefficient (Wildman–Crippen LogP) is 6.73. The number of hydrogen-bond donors (Lipinski definition) is 2. The molecule has 0 aromatic carbocycles. The molecule has 2 aliphatic rings. The van der Waals surface area contributed by atoms with Crippen molar-refractivity contribution in [3.63, 3.8) is 0 Å². The molecule has 0 spiro atoms. The monoisotopic (exact) mass is 496 g/mol. The van der Waals surface area contributed by atoms with Crippen LogP contribution in [0.2, 0.25) is 0 Å². The summed E-state index contributed by atoms with van der Waals surface area (Å²) in [5, 5.41) is 0. The first-order valence-corrected chi connectivity index (χ1v) is 13.3. The van der Waals surface area contributed by atoms with E-state index in [0.717, 1.165) is 81.7 Å². The standard InChI is InChI=1S/C31H36N4O2/c1-7-22-17(3)25-13-20-9-10-21(32-20)14-28-24(11-12-31(36)37-6)19(5)27(34-28)15-26-18(4)23(8-2)30(35-26)16-29(22)33-25/h13-16,33,35H,7-12H2,1-6H3. The molecule has 0 atom stereocenters. The molecule has 0 aliphatic carbocycles. The average Bonchev–Trinajstić information content (AvgIpc) is 3.60. The molecule has 0 saturated carbocycles. The maximum Gasteiger partial charge on any atom is 0.305 e. The van der Waals surface area contributed by atoms with Crippen molar-refractivity contribution in [3.05, 3.63) is 69.3 Å². The molecule has 6 heteroatoms. The molecule has 2 N–H and O–H groups in total. The molecule has 8 bridgehead atoms. The molecule has 192 valence electrons. The zero-order valence-electron chi connectivity index (χ0n) is 22.8. The molecule has 3 aromatic heterocycles. The number of aromatic amines is 2. The maximum absolute atomic E-state index is 11.9. The van der Waals surface area contributed by atoms with E-state index in [2.05, 4.69) is 68.9 Å². The fourth-order valence-electron chi connectivity index (χ4n) is 5.70. The summed E-state index contributed by atoms with van der Waals surface area (Å²) in [6, 6.07) is 8.72. The van der Waals surface area contributed by atoms with Crippen molar-refractivity contribution in [1.82, 2.24) is 19.9 Å². The summed E-state index contributed by atoms with van der Waals surface area (Å²) in [4.78, 5) is 29.3. The van der Waals surface area contributed by atoms with E-state index in [1.807, 2.05) is 0 Å². The number of fused-ring (bicyclic) bond motifs is 8. The highest BCUT2D eigenvalue weighted by Gasteiger charge is 2.20. The van der Waals surface area contributed by atoms with Crippen molar-refractivity contribution in [2.75, 3.05) is 7.11 Å². The number of aromatic nitrogens is 4. The van der Waals surface area contributed by atoms with Crippen molar-refractivity contribution >= 4 is 39.2 Å². The first kappa shape index (κ1) is 25.0. The fourth-order valence-corrected chi connectivity index (χ4v) is 5.70. The lowest BCUT2D eigenvalue weighted by Gasteiger charge is -2.04. The van der Waals surface area contributed by atoms with Gasteiger partial charge in [0.05, 0.1) is 18.5 Å². The van der Waals surface area contributed by atoms with Gasteiger partial charge in [0, 0.05) is 39.9 Å². The van der Waals surface area contributed by atoms with Crippen molar-refractivity contribution in [2.45, 2.75) is 73.1 Å². The van der Waals surface area contributed by atoms with Crippen LogP contribution in [0, 0.1) is 13.8 Å². The highest BCUT2D eigenvalue weighted by molar-refractivity contribution is 5.93. The van der Waals surface area contributed by atoms with Crippen LogP contribution in [0.4, 0.5) is 0 Å². The van der Waals surface area contributed by atoms with E-state index < -0.39 is 0 Å². The van der Waals surface area contributed by atoms with Gasteiger partial charge in [0.25, 0.3) is 0 Å². The summed E-state index contributed by atoms with van der Waals surface area (Å²) in [7, 11) is 1.44. The Kier molecular flexibility index (Phi) is 6.76. The first-order valence-electron chi connectivity index (χ1n) is 13.3. The van der Waals surface area contributed by atoms with Gasteiger partial charge in [0.1, 0.15) is 0 Å². The number of aryl methyl sites for hydroxylation is 6. The minimum absolute atomic E-state index is 0.209. The van der Waals surface area contributed by atoms with Gasteiger partial charge in [-0.2, -0.15) is 0 Å². The van der Waals surface area contributed by atoms with E-state index >= 15 is 0 Å². The molecule has 0 fully saturated rings. The molecule has 37 heavy (non-hydrogen) atoms. The second-order valence-corrected chi connectivity index (χ2v) is 10.1. The zero-order chi connectivity index (χ0) is 26.3. The zero-order valence-corrected chi connectivity index (χ0v) is 22.8. The highest BCUT2D eigenvalue weighted by atomic mass is 16.5. The van der Waals surface area contributed by atoms with Crippen LogP contribution in [0.5, 0.6) is 0 Å². The van der Waals surface area contributed by atoms with Gasteiger partial charge in [-0.05, 0) is 111 Å². The number of H-pyrrole nitrogens is 2. The molecule has 2 aliphatic heterocycles. The lowest BCUT2D eigenvalue weighted by atomic mass is 10.0. The Labute approximate surface area is 218 Å². The molecule has 5 rings (SSSR count). The summed E-state index contributed by atoms with van der Waals surface area (Å²) < 4.78 is 4.91. The number of esters is 1. The Bertz CT molecular complexity index is 1590. The Hall–Kier alpha value is -3.67. The maximum atomic E-state index is 11.9. The summed E-state index contributed by atoms with van der Waals surface area (Å²) >= 11 is 0. The molecular weight excluding hydrogens is 460 g/mol. The normalized spacial score (nSPS) is 13.4. The van der Waals surface area contributed by atoms with E-state index in [1.165, 1.54) is 29.4 Å². The quantitative estimate of drug-likeness (QED) is 0.384. The van der Waals surface area contributed by atoms with Crippen LogP contribution in [0.15, 0.2) is 24.3 Å². The van der Waals surface area contributed by atoms with Crippen LogP contribution in [-0.2, 0) is 35.2 Å². The van der Waals surface area contributed by atoms with Crippen LogP contribution in [-0.4, -0.2) is 33.0 Å². The Morgan fingerprint density at radius 3 is 2.00 bits per heavy atom. The van der Waals surface area contributed by atoms with Crippen molar-refractivity contribution in [1.29, 1.82) is 0 Å². The number of nitrogens with one attached hydrogen (secondary N) is 2. The minimum Gasteiger partial charge on any atom is -0.469 e. The number of carbonyl (C=O) groups is 1. The second-order valence-electron chi connectivity index (χ2n) is 10.1. The van der Waals surface area contributed by atoms with E-state index in [1.54, 1.807) is 0 Å². The van der Waals surface area contributed by atoms with Crippen LogP contribution in [0.1, 0.15) is 78.6 Å². The third kappa shape index (κ3) is 4.61. The lowest BCUT2D eigenvalue weighted by molar-refractivity contribution is -0.140. The van der Waals surface area contributed by atoms with E-state index in [9.17, 15) is 4.79 Å². The van der Waals surface area contributed by atoms with E-state index in [4.69, 9.17) is 14.7 Å². The molecule has 0 unspecified atom stereocenters. The van der Waals surface area contributed by atoms with Gasteiger partial charge >= 0.3 is 5.97 Å². The van der Waals surface area contributed by atoms with Gasteiger partial charge in [0.2, 0.25) is 0 Å². The molecule has 0 radical (unpaired) electrons. The number of allylic oxidation sites excluding steroid dienone is 2. The Balaban J connectivity index is 1.85. The topological polar surface area (TPSA) is 83.7 Å². The van der Waals surface area contributed by atoms with Gasteiger partial charge < -0.3 is 14.7 Å². The highest BCUT2D eigenvalue weighted by Crippen LogP contribution is 2.34. The number of hydrogen-bond acceptors (Lipinski definition) is 4. The number of methoxy groups -OCH3 is 1. The van der Waals surface area contributed by atoms with Crippen molar-refractivity contribution in [3.8, 4) is 0 Å². The number of ether oxygens (including phenoxy) is 1. The number of nitrogens with zero attached hydrogens (tertiary/aromatic N) is 2. The molecule has 0 amide bonds. The minimum atomic E-state index is -0.209. The Morgan fingerprint density at radius 1 is 0.811 bits per heavy atom. The third-order valence-electron chi connectivity index (χ3n) is 7.91. The molecule has 0 saturated heterocycles. The molecule has 5 heterocycles. The summed E-state index contributed by atoms with van der Waals surface area (Å²) in [5.74, 6) is -0.209. The van der Waals surface area contributed by atoms with Crippen molar-refractivity contribution in [2.24, 2.45) is 0 Å². The average molecular weight is 497 g/mol. The van der Waals surface area contributed by atoms with E-state index in [0.29, 0.717) is 12.8 Å². The van der Waals surface area contributed by atoms with Gasteiger partial charge in [-0.1, -0.05) is 13.8 Å². The third-order valence-corrected chi connectivity index (χ3v) is 7.91. The van der Waals surface area contributed by atoms with Crippen molar-refractivity contribution < 1.29 is 9.53 Å². The van der Waals surface area contributed by atoms with Crippen LogP contribution < -0.4 is 0 Å². The van der Waals surface area contributed by atoms with Gasteiger partial charge in [-0.15, -0.1) is 0 Å². The van der Waals surface area contributed by atoms with Crippen LogP contribution >= 0.6 is 0 Å². The Morgan fingerprint density at radius 2 is 1.41 bits per heavy atom. The largest absolute Gasteiger partial charge is 0.469 e. The number of carbonyl (C=O) groups excluding carboxylic acids is 1. The van der Waals surface area contributed by atoms with Gasteiger partial charge in [0.15, 0.2) is 0 Å². The second kappa shape index (κ2) is 10.0.